The Kier molecular flexibility index (Phi) is 9.72. The molecule has 0 heterocycles. The highest BCUT2D eigenvalue weighted by atomic mass is 79.9. The van der Waals surface area contributed by atoms with Crippen LogP contribution in [-0.4, -0.2) is 50.5 Å². The highest BCUT2D eigenvalue weighted by Gasteiger charge is 2.29. The van der Waals surface area contributed by atoms with E-state index in [1.807, 2.05) is 31.2 Å². The van der Waals surface area contributed by atoms with Crippen molar-refractivity contribution in [3.63, 3.8) is 0 Å². The van der Waals surface area contributed by atoms with E-state index in [1.54, 1.807) is 31.2 Å². The minimum absolute atomic E-state index is 0.171. The molecule has 174 valence electrons. The Morgan fingerprint density at radius 1 is 1.00 bits per heavy atom. The lowest BCUT2D eigenvalue weighted by atomic mass is 10.1. The molecule has 1 atom stereocenters. The molecule has 32 heavy (non-hydrogen) atoms. The lowest BCUT2D eigenvalue weighted by molar-refractivity contribution is -0.139. The standard InChI is InChI=1S/C22H27Br2N3O4S/c1-4-13-25-22(29)16(2)26(14-17-5-7-18(23)8-6-17)21(28)15-27(32(3,30)31)20-11-9-19(24)10-12-20/h5-12,16H,4,13-15H2,1-3H3,(H,25,29)/t16-/m0/s1. The van der Waals surface area contributed by atoms with Crippen LogP contribution in [0.4, 0.5) is 5.69 Å². The van der Waals surface area contributed by atoms with E-state index < -0.39 is 28.5 Å². The van der Waals surface area contributed by atoms with Crippen molar-refractivity contribution in [1.29, 1.82) is 0 Å². The van der Waals surface area contributed by atoms with Crippen molar-refractivity contribution in [2.24, 2.45) is 0 Å². The number of rotatable bonds is 10. The number of nitrogens with zero attached hydrogens (tertiary/aromatic N) is 2. The Hall–Kier alpha value is -1.91. The van der Waals surface area contributed by atoms with Crippen molar-refractivity contribution in [2.45, 2.75) is 32.9 Å². The summed E-state index contributed by atoms with van der Waals surface area (Å²) in [6, 6.07) is 13.3. The van der Waals surface area contributed by atoms with E-state index in [1.165, 1.54) is 4.90 Å². The second kappa shape index (κ2) is 11.8. The molecule has 1 N–H and O–H groups in total. The fourth-order valence-corrected chi connectivity index (χ4v) is 4.36. The molecule has 0 radical (unpaired) electrons. The zero-order chi connectivity index (χ0) is 23.9. The third-order valence-electron chi connectivity index (χ3n) is 4.78. The lowest BCUT2D eigenvalue weighted by Crippen LogP contribution is -2.51. The number of amides is 2. The number of nitrogens with one attached hydrogen (secondary N) is 1. The number of hydrogen-bond donors (Lipinski definition) is 1. The number of sulfonamides is 1. The van der Waals surface area contributed by atoms with E-state index in [2.05, 4.69) is 37.2 Å². The molecule has 0 aliphatic heterocycles. The van der Waals surface area contributed by atoms with E-state index in [9.17, 15) is 18.0 Å². The summed E-state index contributed by atoms with van der Waals surface area (Å²) in [5, 5.41) is 2.81. The smallest absolute Gasteiger partial charge is 0.244 e. The van der Waals surface area contributed by atoms with Crippen LogP contribution in [0, 0.1) is 0 Å². The van der Waals surface area contributed by atoms with Crippen molar-refractivity contribution in [1.82, 2.24) is 10.2 Å². The maximum absolute atomic E-state index is 13.4. The van der Waals surface area contributed by atoms with Gasteiger partial charge in [-0.1, -0.05) is 50.9 Å². The van der Waals surface area contributed by atoms with Crippen LogP contribution < -0.4 is 9.62 Å². The van der Waals surface area contributed by atoms with Crippen LogP contribution in [0.5, 0.6) is 0 Å². The van der Waals surface area contributed by atoms with E-state index in [-0.39, 0.29) is 12.5 Å². The number of carbonyl (C=O) groups is 2. The fraction of sp³-hybridized carbons (Fsp3) is 0.364. The molecule has 2 amide bonds. The molecule has 0 saturated heterocycles. The molecule has 2 aromatic rings. The molecule has 7 nitrogen and oxygen atoms in total. The van der Waals surface area contributed by atoms with Gasteiger partial charge in [0.15, 0.2) is 0 Å². The summed E-state index contributed by atoms with van der Waals surface area (Å²) in [4.78, 5) is 27.4. The van der Waals surface area contributed by atoms with E-state index in [0.717, 1.165) is 31.5 Å². The van der Waals surface area contributed by atoms with Gasteiger partial charge in [-0.3, -0.25) is 13.9 Å². The lowest BCUT2D eigenvalue weighted by Gasteiger charge is -2.31. The molecule has 0 aliphatic rings. The molecule has 0 unspecified atom stereocenters. The SMILES string of the molecule is CCCNC(=O)[C@H](C)N(Cc1ccc(Br)cc1)C(=O)CN(c1ccc(Br)cc1)S(C)(=O)=O. The Labute approximate surface area is 206 Å². The summed E-state index contributed by atoms with van der Waals surface area (Å²) in [5.41, 5.74) is 1.20. The Morgan fingerprint density at radius 2 is 1.53 bits per heavy atom. The van der Waals surface area contributed by atoms with Gasteiger partial charge in [0, 0.05) is 22.0 Å². The molecule has 0 aromatic heterocycles. The fourth-order valence-electron chi connectivity index (χ4n) is 2.99. The molecule has 0 aliphatic carbocycles. The monoisotopic (exact) mass is 587 g/mol. The molecule has 2 aromatic carbocycles. The number of halogens is 2. The molecule has 0 spiro atoms. The minimum Gasteiger partial charge on any atom is -0.354 e. The molecular formula is C22H27Br2N3O4S. The van der Waals surface area contributed by atoms with Gasteiger partial charge in [-0.05, 0) is 55.3 Å². The average molecular weight is 589 g/mol. The third-order valence-corrected chi connectivity index (χ3v) is 6.97. The van der Waals surface area contributed by atoms with Gasteiger partial charge in [0.1, 0.15) is 12.6 Å². The summed E-state index contributed by atoms with van der Waals surface area (Å²) in [7, 11) is -3.73. The summed E-state index contributed by atoms with van der Waals surface area (Å²) < 4.78 is 27.7. The van der Waals surface area contributed by atoms with Crippen LogP contribution in [0.1, 0.15) is 25.8 Å². The second-order valence-electron chi connectivity index (χ2n) is 7.36. The average Bonchev–Trinajstić information content (AvgIpc) is 2.74. The molecule has 10 heteroatoms. The largest absolute Gasteiger partial charge is 0.354 e. The predicted molar refractivity (Wildman–Crippen MR) is 134 cm³/mol. The first-order chi connectivity index (χ1) is 15.0. The number of benzene rings is 2. The van der Waals surface area contributed by atoms with Gasteiger partial charge in [-0.25, -0.2) is 8.42 Å². The van der Waals surface area contributed by atoms with Crippen molar-refractivity contribution < 1.29 is 18.0 Å². The van der Waals surface area contributed by atoms with Gasteiger partial charge >= 0.3 is 0 Å². The normalized spacial score (nSPS) is 12.2. The van der Waals surface area contributed by atoms with Crippen molar-refractivity contribution in [2.75, 3.05) is 23.7 Å². The molecular weight excluding hydrogens is 562 g/mol. The molecule has 0 bridgehead atoms. The van der Waals surface area contributed by atoms with E-state index in [4.69, 9.17) is 0 Å². The number of anilines is 1. The first kappa shape index (κ1) is 26.3. The van der Waals surface area contributed by atoms with Gasteiger partial charge in [-0.2, -0.15) is 0 Å². The Bertz CT molecular complexity index is 1030. The predicted octanol–water partition coefficient (Wildman–Crippen LogP) is 3.92. The molecule has 0 fully saturated rings. The first-order valence-corrected chi connectivity index (χ1v) is 13.5. The second-order valence-corrected chi connectivity index (χ2v) is 11.1. The summed E-state index contributed by atoms with van der Waals surface area (Å²) in [5.74, 6) is -0.757. The maximum Gasteiger partial charge on any atom is 0.244 e. The van der Waals surface area contributed by atoms with Gasteiger partial charge < -0.3 is 10.2 Å². The van der Waals surface area contributed by atoms with E-state index >= 15 is 0 Å². The summed E-state index contributed by atoms with van der Waals surface area (Å²) >= 11 is 6.71. The van der Waals surface area contributed by atoms with Crippen LogP contribution in [0.2, 0.25) is 0 Å². The molecule has 2 rings (SSSR count). The maximum atomic E-state index is 13.4. The summed E-state index contributed by atoms with van der Waals surface area (Å²) in [6.45, 7) is 3.84. The Morgan fingerprint density at radius 3 is 2.03 bits per heavy atom. The zero-order valence-electron chi connectivity index (χ0n) is 18.2. The highest BCUT2D eigenvalue weighted by molar-refractivity contribution is 9.10. The quantitative estimate of drug-likeness (QED) is 0.456. The van der Waals surface area contributed by atoms with Crippen LogP contribution in [0.15, 0.2) is 57.5 Å². The highest BCUT2D eigenvalue weighted by Crippen LogP contribution is 2.22. The van der Waals surface area contributed by atoms with Crippen molar-refractivity contribution in [3.05, 3.63) is 63.0 Å². The van der Waals surface area contributed by atoms with Crippen LogP contribution >= 0.6 is 31.9 Å². The van der Waals surface area contributed by atoms with Crippen LogP contribution in [0.3, 0.4) is 0 Å². The first-order valence-electron chi connectivity index (χ1n) is 10.1. The third kappa shape index (κ3) is 7.60. The number of hydrogen-bond acceptors (Lipinski definition) is 4. The van der Waals surface area contributed by atoms with Crippen LogP contribution in [-0.2, 0) is 26.2 Å². The minimum atomic E-state index is -3.73. The van der Waals surface area contributed by atoms with Gasteiger partial charge in [0.05, 0.1) is 11.9 Å². The topological polar surface area (TPSA) is 86.8 Å². The number of carbonyl (C=O) groups excluding carboxylic acids is 2. The summed E-state index contributed by atoms with van der Waals surface area (Å²) in [6.07, 6.45) is 1.82. The zero-order valence-corrected chi connectivity index (χ0v) is 22.2. The van der Waals surface area contributed by atoms with Gasteiger partial charge in [0.25, 0.3) is 0 Å². The van der Waals surface area contributed by atoms with Crippen LogP contribution in [0.25, 0.3) is 0 Å². The van der Waals surface area contributed by atoms with E-state index in [0.29, 0.717) is 12.2 Å². The Balaban J connectivity index is 2.34. The molecule has 0 saturated carbocycles. The van der Waals surface area contributed by atoms with Crippen molar-refractivity contribution in [3.8, 4) is 0 Å². The van der Waals surface area contributed by atoms with Gasteiger partial charge in [0.2, 0.25) is 21.8 Å². The van der Waals surface area contributed by atoms with Crippen molar-refractivity contribution >= 4 is 59.4 Å². The van der Waals surface area contributed by atoms with Gasteiger partial charge in [-0.15, -0.1) is 0 Å².